The fourth-order valence-corrected chi connectivity index (χ4v) is 6.81. The number of esters is 1. The van der Waals surface area contributed by atoms with E-state index in [2.05, 4.69) is 0 Å². The molecule has 62 heavy (non-hydrogen) atoms. The molecule has 0 bridgehead atoms. The van der Waals surface area contributed by atoms with Crippen molar-refractivity contribution in [3.8, 4) is 0 Å². The molecule has 2 heterocycles. The fourth-order valence-electron chi connectivity index (χ4n) is 6.81. The molecule has 1 fully saturated rings. The number of hydrogen-bond donors (Lipinski definition) is 12. The molecular formula is C45H71NO16. The molecule has 17 heteroatoms. The highest BCUT2D eigenvalue weighted by molar-refractivity contribution is 5.70. The predicted molar refractivity (Wildman–Crippen MR) is 228 cm³/mol. The summed E-state index contributed by atoms with van der Waals surface area (Å²) >= 11 is 0. The van der Waals surface area contributed by atoms with Crippen LogP contribution < -0.4 is 5.73 Å². The third kappa shape index (κ3) is 22.8. The van der Waals surface area contributed by atoms with E-state index in [-0.39, 0.29) is 57.5 Å². The van der Waals surface area contributed by atoms with Crippen LogP contribution in [0.5, 0.6) is 0 Å². The van der Waals surface area contributed by atoms with Gasteiger partial charge in [-0.25, -0.2) is 0 Å². The quantitative estimate of drug-likeness (QED) is 0.139. The molecule has 0 amide bonds. The fraction of sp³-hybridized carbons (Fsp3) is 0.644. The highest BCUT2D eigenvalue weighted by Gasteiger charge is 2.38. The Bertz CT molecular complexity index is 1510. The summed E-state index contributed by atoms with van der Waals surface area (Å²) in [4.78, 5) is 24.6. The van der Waals surface area contributed by atoms with Gasteiger partial charge in [-0.3, -0.25) is 9.59 Å². The van der Waals surface area contributed by atoms with E-state index in [0.717, 1.165) is 0 Å². The maximum atomic E-state index is 12.4. The second-order valence-electron chi connectivity index (χ2n) is 16.4. The number of carboxylic acids is 1. The molecular weight excluding hydrogens is 810 g/mol. The first-order chi connectivity index (χ1) is 29.3. The van der Waals surface area contributed by atoms with Gasteiger partial charge in [-0.2, -0.15) is 0 Å². The third-order valence-corrected chi connectivity index (χ3v) is 10.6. The lowest BCUT2D eigenvalue weighted by Crippen LogP contribution is -2.58. The number of carbonyl (C=O) groups is 2. The number of nitrogens with two attached hydrogens (primary N) is 1. The van der Waals surface area contributed by atoms with Gasteiger partial charge in [0.1, 0.15) is 12.2 Å². The SMILES string of the molecule is C[C@H]1C[C@H](O)[C@@H](C)/C=C/C=C/C=C/C=C/C=C/C=C/C=C/C(OC2OCC(O)[C@H](N)C2O)CC[C@H](C(=O)O)CCC(O)(O)CC(O)CC(O)[C@H](O)CCC(O)CC(O)CC(=O)O1. The van der Waals surface area contributed by atoms with Crippen molar-refractivity contribution in [3.05, 3.63) is 85.1 Å². The number of allylic oxidation sites excluding steroid dienone is 12. The summed E-state index contributed by atoms with van der Waals surface area (Å²) < 4.78 is 16.7. The summed E-state index contributed by atoms with van der Waals surface area (Å²) in [6, 6.07) is -1.04. The van der Waals surface area contributed by atoms with Gasteiger partial charge in [-0.15, -0.1) is 0 Å². The molecule has 0 aromatic rings. The minimum atomic E-state index is -2.54. The maximum absolute atomic E-state index is 12.4. The Kier molecular flexibility index (Phi) is 25.7. The van der Waals surface area contributed by atoms with E-state index in [4.69, 9.17) is 19.9 Å². The maximum Gasteiger partial charge on any atom is 0.308 e. The van der Waals surface area contributed by atoms with Gasteiger partial charge in [0.2, 0.25) is 0 Å². The van der Waals surface area contributed by atoms with Crippen LogP contribution in [0.4, 0.5) is 0 Å². The largest absolute Gasteiger partial charge is 0.481 e. The lowest BCUT2D eigenvalue weighted by Gasteiger charge is -2.37. The molecule has 0 spiro atoms. The normalized spacial score (nSPS) is 40.2. The van der Waals surface area contributed by atoms with Gasteiger partial charge in [0.05, 0.1) is 73.8 Å². The molecule has 352 valence electrons. The van der Waals surface area contributed by atoms with Crippen LogP contribution in [0.3, 0.4) is 0 Å². The number of cyclic esters (lactones) is 1. The Morgan fingerprint density at radius 2 is 1.26 bits per heavy atom. The van der Waals surface area contributed by atoms with Gasteiger partial charge in [0, 0.05) is 31.6 Å². The lowest BCUT2D eigenvalue weighted by molar-refractivity contribution is -0.252. The van der Waals surface area contributed by atoms with Crippen molar-refractivity contribution in [1.29, 1.82) is 0 Å². The van der Waals surface area contributed by atoms with Gasteiger partial charge < -0.3 is 76.1 Å². The highest BCUT2D eigenvalue weighted by Crippen LogP contribution is 2.27. The van der Waals surface area contributed by atoms with Gasteiger partial charge >= 0.3 is 11.9 Å². The summed E-state index contributed by atoms with van der Waals surface area (Å²) in [5, 5.41) is 115. The molecule has 2 aliphatic heterocycles. The second kappa shape index (κ2) is 29.1. The number of aliphatic carboxylic acids is 1. The molecule has 0 aromatic heterocycles. The predicted octanol–water partition coefficient (Wildman–Crippen LogP) is 1.09. The number of hydrogen-bond acceptors (Lipinski definition) is 16. The third-order valence-electron chi connectivity index (χ3n) is 10.6. The molecule has 0 aromatic carbocycles. The van der Waals surface area contributed by atoms with Crippen LogP contribution in [0.15, 0.2) is 85.1 Å². The van der Waals surface area contributed by atoms with Crippen molar-refractivity contribution in [2.45, 2.75) is 164 Å². The smallest absolute Gasteiger partial charge is 0.308 e. The lowest BCUT2D eigenvalue weighted by atomic mass is 9.90. The van der Waals surface area contributed by atoms with Gasteiger partial charge in [-0.05, 0) is 45.4 Å². The van der Waals surface area contributed by atoms with Crippen LogP contribution in [0.1, 0.15) is 84.5 Å². The monoisotopic (exact) mass is 881 g/mol. The van der Waals surface area contributed by atoms with Crippen LogP contribution in [-0.2, 0) is 23.8 Å². The van der Waals surface area contributed by atoms with Crippen molar-refractivity contribution in [3.63, 3.8) is 0 Å². The van der Waals surface area contributed by atoms with Crippen molar-refractivity contribution in [2.75, 3.05) is 6.61 Å². The number of rotatable bonds is 3. The summed E-state index contributed by atoms with van der Waals surface area (Å²) in [7, 11) is 0. The molecule has 1 saturated heterocycles. The first-order valence-corrected chi connectivity index (χ1v) is 21.3. The van der Waals surface area contributed by atoms with Gasteiger partial charge in [0.25, 0.3) is 0 Å². The number of aliphatic hydroxyl groups is 10. The van der Waals surface area contributed by atoms with Crippen molar-refractivity contribution in [2.24, 2.45) is 17.6 Å². The van der Waals surface area contributed by atoms with Crippen LogP contribution in [0.25, 0.3) is 0 Å². The first-order valence-electron chi connectivity index (χ1n) is 21.3. The zero-order valence-electron chi connectivity index (χ0n) is 35.7. The minimum absolute atomic E-state index is 0.00675. The Morgan fingerprint density at radius 1 is 0.677 bits per heavy atom. The van der Waals surface area contributed by atoms with Crippen molar-refractivity contribution in [1.82, 2.24) is 0 Å². The Morgan fingerprint density at radius 3 is 1.85 bits per heavy atom. The van der Waals surface area contributed by atoms with Crippen molar-refractivity contribution < 1.29 is 80.0 Å². The summed E-state index contributed by atoms with van der Waals surface area (Å²) in [5.41, 5.74) is 5.89. The topological polar surface area (TPSA) is 310 Å². The molecule has 14 atom stereocenters. The summed E-state index contributed by atoms with van der Waals surface area (Å²) in [5.74, 6) is -5.83. The number of carboxylic acid groups (broad SMARTS) is 1. The molecule has 17 nitrogen and oxygen atoms in total. The summed E-state index contributed by atoms with van der Waals surface area (Å²) in [6.45, 7) is 3.25. The van der Waals surface area contributed by atoms with E-state index in [1.807, 2.05) is 43.4 Å². The number of aliphatic hydroxyl groups excluding tert-OH is 8. The van der Waals surface area contributed by atoms with Crippen molar-refractivity contribution >= 4 is 11.9 Å². The number of ether oxygens (including phenoxy) is 3. The van der Waals surface area contributed by atoms with Gasteiger partial charge in [-0.1, -0.05) is 92.0 Å². The average molecular weight is 882 g/mol. The van der Waals surface area contributed by atoms with Crippen LogP contribution in [0, 0.1) is 11.8 Å². The molecule has 0 radical (unpaired) electrons. The Labute approximate surface area is 364 Å². The molecule has 2 rings (SSSR count). The van der Waals surface area contributed by atoms with E-state index in [9.17, 15) is 65.8 Å². The first kappa shape index (κ1) is 54.7. The van der Waals surface area contributed by atoms with E-state index < -0.39 is 123 Å². The van der Waals surface area contributed by atoms with E-state index in [1.165, 1.54) is 0 Å². The standard InChI is InChI=1S/C45H71NO16/c1-29-15-13-11-9-7-5-3-4-6-8-10-12-14-16-35(62-44-42(55)41(46)39(53)28-60-44)19-17-31(43(56)57)21-22-45(58,59)27-34(49)25-38(52)36(50)20-18-32(47)24-33(48)26-40(54)61-30(2)23-37(29)51/h3-16,29-39,41-42,44,47-53,55,58-59H,17-28,46H2,1-2H3,(H,56,57)/b4-3+,7-5+,8-6+,11-9+,12-10+,15-13+,16-14+/t29-,30-,31-,32?,33?,34?,35?,36+,37-,38?,39?,41-,42?,44?/m0/s1. The zero-order chi connectivity index (χ0) is 46.2. The zero-order valence-corrected chi connectivity index (χ0v) is 35.7. The average Bonchev–Trinajstić information content (AvgIpc) is 3.18. The minimum Gasteiger partial charge on any atom is -0.481 e. The van der Waals surface area contributed by atoms with E-state index in [0.29, 0.717) is 0 Å². The van der Waals surface area contributed by atoms with Crippen LogP contribution in [-0.4, -0.2) is 154 Å². The second-order valence-corrected chi connectivity index (χ2v) is 16.4. The Balaban J connectivity index is 2.20. The molecule has 8 unspecified atom stereocenters. The Hall–Kier alpha value is -3.40. The van der Waals surface area contributed by atoms with Crippen LogP contribution in [0.2, 0.25) is 0 Å². The van der Waals surface area contributed by atoms with Crippen LogP contribution >= 0.6 is 0 Å². The summed E-state index contributed by atoms with van der Waals surface area (Å²) in [6.07, 6.45) is 9.40. The molecule has 13 N–H and O–H groups in total. The molecule has 2 aliphatic rings. The van der Waals surface area contributed by atoms with Gasteiger partial charge in [0.15, 0.2) is 12.1 Å². The molecule has 0 aliphatic carbocycles. The van der Waals surface area contributed by atoms with E-state index in [1.54, 1.807) is 55.5 Å². The van der Waals surface area contributed by atoms with E-state index >= 15 is 0 Å². The number of carbonyl (C=O) groups excluding carboxylic acids is 1. The molecule has 0 saturated carbocycles. The highest BCUT2D eigenvalue weighted by atomic mass is 16.7.